The predicted octanol–water partition coefficient (Wildman–Crippen LogP) is 11.0. The van der Waals surface area contributed by atoms with E-state index in [4.69, 9.17) is 4.42 Å². The number of furan rings is 1. The third kappa shape index (κ3) is 3.10. The molecule has 3 aromatic heterocycles. The fourth-order valence-corrected chi connectivity index (χ4v) is 7.59. The minimum atomic E-state index is 0.909. The first-order chi connectivity index (χ1) is 19.7. The minimum absolute atomic E-state index is 0.909. The standard InChI is InChI=1S/C37H23NOS/c1-22-10-14-29-30-16-12-24(20-37(30)40-36(29)18-22)23-11-15-28-31-21-25(13-17-34(31)39-35(28)19-23)38-32-8-4-2-6-26(32)27-7-3-5-9-33(27)38/h2-21H,1H3. The lowest BCUT2D eigenvalue weighted by atomic mass is 10.0. The van der Waals surface area contributed by atoms with Crippen molar-refractivity contribution in [1.29, 1.82) is 0 Å². The van der Waals surface area contributed by atoms with Crippen molar-refractivity contribution in [3.05, 3.63) is 127 Å². The molecule has 3 heteroatoms. The van der Waals surface area contributed by atoms with Crippen molar-refractivity contribution >= 4 is 75.3 Å². The highest BCUT2D eigenvalue weighted by molar-refractivity contribution is 7.25. The van der Waals surface area contributed by atoms with Gasteiger partial charge in [0, 0.05) is 47.4 Å². The van der Waals surface area contributed by atoms with Gasteiger partial charge in [0.05, 0.1) is 11.0 Å². The van der Waals surface area contributed by atoms with Gasteiger partial charge in [-0.25, -0.2) is 0 Å². The highest BCUT2D eigenvalue weighted by Gasteiger charge is 2.15. The van der Waals surface area contributed by atoms with E-state index in [9.17, 15) is 0 Å². The summed E-state index contributed by atoms with van der Waals surface area (Å²) in [7, 11) is 0. The van der Waals surface area contributed by atoms with Crippen LogP contribution in [0.25, 0.3) is 80.7 Å². The molecule has 0 saturated heterocycles. The molecular weight excluding hydrogens is 506 g/mol. The molecule has 0 saturated carbocycles. The van der Waals surface area contributed by atoms with Crippen LogP contribution in [0.1, 0.15) is 5.56 Å². The molecule has 0 amide bonds. The number of aryl methyl sites for hydroxylation is 1. The van der Waals surface area contributed by atoms with Crippen molar-refractivity contribution in [2.75, 3.05) is 0 Å². The quantitative estimate of drug-likeness (QED) is 0.218. The Morgan fingerprint density at radius 2 is 1.15 bits per heavy atom. The van der Waals surface area contributed by atoms with E-state index in [0.29, 0.717) is 0 Å². The summed E-state index contributed by atoms with van der Waals surface area (Å²) >= 11 is 1.87. The molecule has 0 aliphatic carbocycles. The average Bonchev–Trinajstić information content (AvgIpc) is 3.64. The van der Waals surface area contributed by atoms with Crippen LogP contribution in [0, 0.1) is 6.92 Å². The van der Waals surface area contributed by atoms with Crippen molar-refractivity contribution in [3.8, 4) is 16.8 Å². The zero-order chi connectivity index (χ0) is 26.4. The van der Waals surface area contributed by atoms with E-state index < -0.39 is 0 Å². The van der Waals surface area contributed by atoms with Crippen LogP contribution in [0.3, 0.4) is 0 Å². The lowest BCUT2D eigenvalue weighted by Gasteiger charge is -2.08. The Hall–Kier alpha value is -4.86. The Labute approximate surface area is 234 Å². The van der Waals surface area contributed by atoms with Crippen molar-refractivity contribution in [1.82, 2.24) is 4.57 Å². The van der Waals surface area contributed by atoms with Gasteiger partial charge < -0.3 is 8.98 Å². The Bertz CT molecular complexity index is 2400. The fraction of sp³-hybridized carbons (Fsp3) is 0.0270. The lowest BCUT2D eigenvalue weighted by Crippen LogP contribution is -1.93. The maximum Gasteiger partial charge on any atom is 0.136 e. The first-order valence-electron chi connectivity index (χ1n) is 13.6. The number of benzene rings is 6. The average molecular weight is 530 g/mol. The van der Waals surface area contributed by atoms with Gasteiger partial charge in [-0.05, 0) is 78.2 Å². The van der Waals surface area contributed by atoms with E-state index in [1.54, 1.807) is 0 Å². The molecule has 0 unspecified atom stereocenters. The molecule has 188 valence electrons. The van der Waals surface area contributed by atoms with Gasteiger partial charge in [-0.3, -0.25) is 0 Å². The van der Waals surface area contributed by atoms with Crippen LogP contribution in [-0.2, 0) is 0 Å². The number of nitrogens with zero attached hydrogens (tertiary/aromatic N) is 1. The Morgan fingerprint density at radius 3 is 1.93 bits per heavy atom. The van der Waals surface area contributed by atoms with E-state index in [2.05, 4.69) is 133 Å². The molecule has 3 heterocycles. The van der Waals surface area contributed by atoms with E-state index >= 15 is 0 Å². The summed E-state index contributed by atoms with van der Waals surface area (Å²) < 4.78 is 11.4. The summed E-state index contributed by atoms with van der Waals surface area (Å²) in [5.41, 5.74) is 9.08. The summed E-state index contributed by atoms with van der Waals surface area (Å²) in [6.07, 6.45) is 0. The van der Waals surface area contributed by atoms with Crippen LogP contribution in [0.5, 0.6) is 0 Å². The maximum atomic E-state index is 6.40. The normalized spacial score (nSPS) is 12.1. The highest BCUT2D eigenvalue weighted by Crippen LogP contribution is 2.39. The topological polar surface area (TPSA) is 18.1 Å². The molecule has 0 aliphatic rings. The highest BCUT2D eigenvalue weighted by atomic mass is 32.1. The molecule has 0 bridgehead atoms. The second kappa shape index (κ2) is 8.08. The van der Waals surface area contributed by atoms with Crippen LogP contribution in [0.4, 0.5) is 0 Å². The van der Waals surface area contributed by atoms with Crippen LogP contribution >= 0.6 is 11.3 Å². The molecule has 0 aliphatic heterocycles. The van der Waals surface area contributed by atoms with Crippen molar-refractivity contribution in [3.63, 3.8) is 0 Å². The zero-order valence-electron chi connectivity index (χ0n) is 21.8. The number of hydrogen-bond donors (Lipinski definition) is 0. The number of para-hydroxylation sites is 2. The molecule has 0 spiro atoms. The lowest BCUT2D eigenvalue weighted by molar-refractivity contribution is 0.669. The third-order valence-corrected chi connectivity index (χ3v) is 9.37. The van der Waals surface area contributed by atoms with Gasteiger partial charge in [0.15, 0.2) is 0 Å². The minimum Gasteiger partial charge on any atom is -0.456 e. The molecule has 0 N–H and O–H groups in total. The number of hydrogen-bond acceptors (Lipinski definition) is 2. The van der Waals surface area contributed by atoms with Crippen molar-refractivity contribution in [2.24, 2.45) is 0 Å². The van der Waals surface area contributed by atoms with Gasteiger partial charge in [0.25, 0.3) is 0 Å². The number of rotatable bonds is 2. The SMILES string of the molecule is Cc1ccc2c(c1)sc1cc(-c3ccc4c(c3)oc3ccc(-n5c6ccccc6c6ccccc65)cc34)ccc12. The summed E-state index contributed by atoms with van der Waals surface area (Å²) in [6.45, 7) is 2.16. The smallest absolute Gasteiger partial charge is 0.136 e. The van der Waals surface area contributed by atoms with Gasteiger partial charge in [-0.2, -0.15) is 0 Å². The Kier molecular flexibility index (Phi) is 4.44. The summed E-state index contributed by atoms with van der Waals surface area (Å²) in [4.78, 5) is 0. The van der Waals surface area contributed by atoms with E-state index in [1.807, 2.05) is 11.3 Å². The molecular formula is C37H23NOS. The second-order valence-electron chi connectivity index (χ2n) is 10.7. The molecule has 2 nitrogen and oxygen atoms in total. The van der Waals surface area contributed by atoms with Gasteiger partial charge in [0.1, 0.15) is 11.2 Å². The molecule has 0 radical (unpaired) electrons. The van der Waals surface area contributed by atoms with Gasteiger partial charge in [-0.15, -0.1) is 11.3 Å². The first kappa shape index (κ1) is 22.0. The van der Waals surface area contributed by atoms with Crippen molar-refractivity contribution < 1.29 is 4.42 Å². The summed E-state index contributed by atoms with van der Waals surface area (Å²) in [5, 5.41) is 7.47. The maximum absolute atomic E-state index is 6.40. The third-order valence-electron chi connectivity index (χ3n) is 8.26. The summed E-state index contributed by atoms with van der Waals surface area (Å²) in [6, 6.07) is 44.0. The second-order valence-corrected chi connectivity index (χ2v) is 11.8. The van der Waals surface area contributed by atoms with E-state index in [-0.39, 0.29) is 0 Å². The van der Waals surface area contributed by atoms with Gasteiger partial charge in [-0.1, -0.05) is 66.7 Å². The monoisotopic (exact) mass is 529 g/mol. The van der Waals surface area contributed by atoms with Crippen LogP contribution in [-0.4, -0.2) is 4.57 Å². The molecule has 0 atom stereocenters. The van der Waals surface area contributed by atoms with Crippen LogP contribution in [0.15, 0.2) is 126 Å². The molecule has 40 heavy (non-hydrogen) atoms. The van der Waals surface area contributed by atoms with Crippen molar-refractivity contribution in [2.45, 2.75) is 6.92 Å². The van der Waals surface area contributed by atoms with E-state index in [0.717, 1.165) is 27.6 Å². The van der Waals surface area contributed by atoms with Gasteiger partial charge >= 0.3 is 0 Å². The summed E-state index contributed by atoms with van der Waals surface area (Å²) in [5.74, 6) is 0. The van der Waals surface area contributed by atoms with E-state index in [1.165, 1.54) is 58.7 Å². The van der Waals surface area contributed by atoms with Crippen LogP contribution in [0.2, 0.25) is 0 Å². The van der Waals surface area contributed by atoms with Crippen LogP contribution < -0.4 is 0 Å². The molecule has 9 rings (SSSR count). The van der Waals surface area contributed by atoms with Gasteiger partial charge in [0.2, 0.25) is 0 Å². The number of fused-ring (bicyclic) bond motifs is 9. The predicted molar refractivity (Wildman–Crippen MR) is 171 cm³/mol. The zero-order valence-corrected chi connectivity index (χ0v) is 22.6. The molecule has 6 aromatic carbocycles. The first-order valence-corrected chi connectivity index (χ1v) is 14.4. The fourth-order valence-electron chi connectivity index (χ4n) is 6.35. The number of thiophene rings is 1. The molecule has 9 aromatic rings. The largest absolute Gasteiger partial charge is 0.456 e. The molecule has 0 fully saturated rings. The Balaban J connectivity index is 1.19. The Morgan fingerprint density at radius 1 is 0.500 bits per heavy atom. The number of aromatic nitrogens is 1.